The summed E-state index contributed by atoms with van der Waals surface area (Å²) >= 11 is 0. The van der Waals surface area contributed by atoms with Crippen LogP contribution in [-0.4, -0.2) is 12.8 Å². The average molecular weight is 173 g/mol. The van der Waals surface area contributed by atoms with Gasteiger partial charge in [0.1, 0.15) is 12.8 Å². The molecule has 0 unspecified atom stereocenters. The van der Waals surface area contributed by atoms with Crippen LogP contribution in [0.4, 0.5) is 0 Å². The van der Waals surface area contributed by atoms with Crippen LogP contribution in [0.15, 0.2) is 53.0 Å². The summed E-state index contributed by atoms with van der Waals surface area (Å²) < 4.78 is 0. The highest BCUT2D eigenvalue weighted by atomic mass is 16.6. The van der Waals surface area contributed by atoms with E-state index in [0.29, 0.717) is 0 Å². The van der Waals surface area contributed by atoms with E-state index in [0.717, 1.165) is 17.0 Å². The lowest BCUT2D eigenvalue weighted by Crippen LogP contribution is -2.13. The van der Waals surface area contributed by atoms with Crippen LogP contribution in [0.3, 0.4) is 0 Å². The minimum Gasteiger partial charge on any atom is -0.399 e. The van der Waals surface area contributed by atoms with E-state index in [2.05, 4.69) is 10.5 Å². The van der Waals surface area contributed by atoms with E-state index in [1.165, 1.54) is 7.11 Å². The Kier molecular flexibility index (Phi) is 2.00. The molecule has 13 heavy (non-hydrogen) atoms. The van der Waals surface area contributed by atoms with Crippen molar-refractivity contribution in [2.24, 2.45) is 5.16 Å². The molecule has 0 fully saturated rings. The van der Waals surface area contributed by atoms with E-state index in [4.69, 9.17) is 4.84 Å². The van der Waals surface area contributed by atoms with E-state index in [9.17, 15) is 0 Å². The fourth-order valence-corrected chi connectivity index (χ4v) is 1.27. The van der Waals surface area contributed by atoms with Crippen molar-refractivity contribution in [1.29, 1.82) is 0 Å². The summed E-state index contributed by atoms with van der Waals surface area (Å²) in [6, 6.07) is 0. The Morgan fingerprint density at radius 1 is 1.31 bits per heavy atom. The first-order valence-electron chi connectivity index (χ1n) is 4.00. The SMILES string of the molecule is CON=C1C=CC=C2[N]C=CC=C21. The summed E-state index contributed by atoms with van der Waals surface area (Å²) in [5.41, 5.74) is 2.75. The van der Waals surface area contributed by atoms with Gasteiger partial charge in [0.05, 0.1) is 5.70 Å². The number of allylic oxidation sites excluding steroid dienone is 6. The molecule has 0 saturated heterocycles. The largest absolute Gasteiger partial charge is 0.399 e. The van der Waals surface area contributed by atoms with E-state index in [1.54, 1.807) is 6.20 Å². The third kappa shape index (κ3) is 1.40. The van der Waals surface area contributed by atoms with Gasteiger partial charge >= 0.3 is 0 Å². The molecule has 0 saturated carbocycles. The molecule has 1 aliphatic carbocycles. The Balaban J connectivity index is 2.39. The Bertz CT molecular complexity index is 359. The van der Waals surface area contributed by atoms with Gasteiger partial charge in [-0.1, -0.05) is 11.2 Å². The molecular formula is C10H9N2O. The fraction of sp³-hybridized carbons (Fsp3) is 0.100. The highest BCUT2D eigenvalue weighted by Crippen LogP contribution is 2.19. The summed E-state index contributed by atoms with van der Waals surface area (Å²) in [5, 5.41) is 8.10. The molecule has 1 heterocycles. The van der Waals surface area contributed by atoms with Crippen LogP contribution < -0.4 is 5.32 Å². The number of rotatable bonds is 1. The molecule has 2 aliphatic rings. The molecule has 1 aliphatic heterocycles. The van der Waals surface area contributed by atoms with E-state index < -0.39 is 0 Å². The third-order valence-electron chi connectivity index (χ3n) is 1.81. The van der Waals surface area contributed by atoms with E-state index >= 15 is 0 Å². The highest BCUT2D eigenvalue weighted by Gasteiger charge is 2.15. The number of fused-ring (bicyclic) bond motifs is 1. The van der Waals surface area contributed by atoms with Gasteiger partial charge in [0, 0.05) is 11.8 Å². The minimum absolute atomic E-state index is 0.813. The molecule has 0 aromatic carbocycles. The topological polar surface area (TPSA) is 35.7 Å². The summed E-state index contributed by atoms with van der Waals surface area (Å²) in [6.45, 7) is 0. The van der Waals surface area contributed by atoms with Gasteiger partial charge in [-0.2, -0.15) is 0 Å². The minimum atomic E-state index is 0.813. The molecule has 0 aromatic rings. The first-order valence-corrected chi connectivity index (χ1v) is 4.00. The summed E-state index contributed by atoms with van der Waals surface area (Å²) in [7, 11) is 1.54. The van der Waals surface area contributed by atoms with E-state index in [1.807, 2.05) is 30.4 Å². The molecule has 0 bridgehead atoms. The number of hydrogen-bond donors (Lipinski definition) is 0. The first-order chi connectivity index (χ1) is 6.42. The van der Waals surface area contributed by atoms with Crippen LogP contribution in [0.25, 0.3) is 0 Å². The lowest BCUT2D eigenvalue weighted by molar-refractivity contribution is 0.214. The van der Waals surface area contributed by atoms with Crippen molar-refractivity contribution in [2.45, 2.75) is 0 Å². The second kappa shape index (κ2) is 3.31. The molecule has 0 N–H and O–H groups in total. The molecule has 0 amide bonds. The normalized spacial score (nSPS) is 21.8. The first kappa shape index (κ1) is 7.86. The maximum absolute atomic E-state index is 4.73. The van der Waals surface area contributed by atoms with Gasteiger partial charge in [-0.05, 0) is 24.3 Å². The molecule has 3 nitrogen and oxygen atoms in total. The summed E-state index contributed by atoms with van der Waals surface area (Å²) in [6.07, 6.45) is 11.4. The average Bonchev–Trinajstić information content (AvgIpc) is 2.19. The number of hydrogen-bond acceptors (Lipinski definition) is 2. The van der Waals surface area contributed by atoms with Crippen LogP contribution in [0.1, 0.15) is 0 Å². The Morgan fingerprint density at radius 3 is 3.08 bits per heavy atom. The zero-order chi connectivity index (χ0) is 9.10. The van der Waals surface area contributed by atoms with Gasteiger partial charge in [-0.3, -0.25) is 5.32 Å². The van der Waals surface area contributed by atoms with Crippen LogP contribution in [0.2, 0.25) is 0 Å². The quantitative estimate of drug-likeness (QED) is 0.553. The molecule has 0 spiro atoms. The predicted octanol–water partition coefficient (Wildman–Crippen LogP) is 1.50. The van der Waals surface area contributed by atoms with Gasteiger partial charge in [0.2, 0.25) is 0 Å². The van der Waals surface area contributed by atoms with E-state index in [-0.39, 0.29) is 0 Å². The summed E-state index contributed by atoms with van der Waals surface area (Å²) in [5.74, 6) is 0. The molecule has 0 atom stereocenters. The number of oxime groups is 1. The van der Waals surface area contributed by atoms with Gasteiger partial charge in [-0.15, -0.1) is 0 Å². The smallest absolute Gasteiger partial charge is 0.112 e. The van der Waals surface area contributed by atoms with Crippen molar-refractivity contribution in [3.8, 4) is 0 Å². The van der Waals surface area contributed by atoms with Crippen molar-refractivity contribution in [2.75, 3.05) is 7.11 Å². The third-order valence-corrected chi connectivity index (χ3v) is 1.81. The van der Waals surface area contributed by atoms with Gasteiger partial charge in [0.25, 0.3) is 0 Å². The zero-order valence-electron chi connectivity index (χ0n) is 7.27. The molecule has 65 valence electrons. The molecular weight excluding hydrogens is 164 g/mol. The molecule has 0 aromatic heterocycles. The predicted molar refractivity (Wildman–Crippen MR) is 51.0 cm³/mol. The van der Waals surface area contributed by atoms with Gasteiger partial charge < -0.3 is 4.84 Å². The molecule has 1 radical (unpaired) electrons. The Labute approximate surface area is 76.8 Å². The van der Waals surface area contributed by atoms with Crippen molar-refractivity contribution in [3.63, 3.8) is 0 Å². The standard InChI is InChI=1S/C10H9N2O/c1-13-12-10-6-2-5-9-8(10)4-3-7-11-9/h2-7H,1H3. The van der Waals surface area contributed by atoms with Crippen LogP contribution in [0, 0.1) is 0 Å². The van der Waals surface area contributed by atoms with Gasteiger partial charge in [0.15, 0.2) is 0 Å². The highest BCUT2D eigenvalue weighted by molar-refractivity contribution is 6.12. The number of nitrogens with zero attached hydrogens (tertiary/aromatic N) is 2. The summed E-state index contributed by atoms with van der Waals surface area (Å²) in [4.78, 5) is 4.73. The Morgan fingerprint density at radius 2 is 2.23 bits per heavy atom. The maximum Gasteiger partial charge on any atom is 0.112 e. The second-order valence-corrected chi connectivity index (χ2v) is 2.62. The van der Waals surface area contributed by atoms with Crippen molar-refractivity contribution < 1.29 is 4.84 Å². The lowest BCUT2D eigenvalue weighted by atomic mass is 10.00. The van der Waals surface area contributed by atoms with Crippen LogP contribution >= 0.6 is 0 Å². The van der Waals surface area contributed by atoms with Crippen LogP contribution in [0.5, 0.6) is 0 Å². The van der Waals surface area contributed by atoms with Crippen molar-refractivity contribution >= 4 is 5.71 Å². The maximum atomic E-state index is 4.73. The second-order valence-electron chi connectivity index (χ2n) is 2.62. The molecule has 2 rings (SSSR count). The van der Waals surface area contributed by atoms with Gasteiger partial charge in [-0.25, -0.2) is 0 Å². The van der Waals surface area contributed by atoms with Crippen LogP contribution in [-0.2, 0) is 4.84 Å². The monoisotopic (exact) mass is 173 g/mol. The Hall–Kier alpha value is -1.77. The fourth-order valence-electron chi connectivity index (χ4n) is 1.27. The molecule has 3 heteroatoms. The van der Waals surface area contributed by atoms with Crippen molar-refractivity contribution in [3.05, 3.63) is 47.9 Å². The lowest BCUT2D eigenvalue weighted by Gasteiger charge is -2.14. The zero-order valence-corrected chi connectivity index (χ0v) is 7.27. The van der Waals surface area contributed by atoms with Crippen molar-refractivity contribution in [1.82, 2.24) is 5.32 Å².